The number of halogens is 2. The molecule has 2 nitrogen and oxygen atoms in total. The van der Waals surface area contributed by atoms with Gasteiger partial charge in [-0.15, -0.1) is 0 Å². The van der Waals surface area contributed by atoms with Gasteiger partial charge in [-0.05, 0) is 54.1 Å². The van der Waals surface area contributed by atoms with Crippen molar-refractivity contribution in [2.45, 2.75) is 13.8 Å². The Bertz CT molecular complexity index is 617. The van der Waals surface area contributed by atoms with Crippen LogP contribution in [0.4, 0.5) is 0 Å². The molecule has 0 aliphatic heterocycles. The maximum absolute atomic E-state index is 12.2. The van der Waals surface area contributed by atoms with Gasteiger partial charge in [0.25, 0.3) is 0 Å². The predicted molar refractivity (Wildman–Crippen MR) is 79.7 cm³/mol. The summed E-state index contributed by atoms with van der Waals surface area (Å²) in [5.74, 6) is 0. The van der Waals surface area contributed by atoms with Gasteiger partial charge in [0, 0.05) is 22.0 Å². The molecular formula is C13H11ClINO. The summed E-state index contributed by atoms with van der Waals surface area (Å²) in [4.78, 5) is 15.5. The van der Waals surface area contributed by atoms with E-state index in [4.69, 9.17) is 11.6 Å². The van der Waals surface area contributed by atoms with E-state index in [2.05, 4.69) is 27.6 Å². The number of pyridine rings is 1. The third-order valence-electron chi connectivity index (χ3n) is 2.64. The molecule has 0 fully saturated rings. The van der Waals surface area contributed by atoms with Crippen molar-refractivity contribution in [1.29, 1.82) is 0 Å². The Morgan fingerprint density at radius 1 is 1.12 bits per heavy atom. The third kappa shape index (κ3) is 2.40. The fraction of sp³-hybridized carbons (Fsp3) is 0.154. The molecule has 0 amide bonds. The molecule has 0 radical (unpaired) electrons. The third-order valence-corrected chi connectivity index (χ3v) is 4.19. The maximum atomic E-state index is 12.2. The second-order valence-corrected chi connectivity index (χ2v) is 5.42. The molecule has 0 aliphatic carbocycles. The number of rotatable bonds is 1. The number of hydrogen-bond acceptors (Lipinski definition) is 1. The first kappa shape index (κ1) is 12.6. The van der Waals surface area contributed by atoms with Crippen LogP contribution in [-0.4, -0.2) is 4.98 Å². The van der Waals surface area contributed by atoms with E-state index >= 15 is 0 Å². The van der Waals surface area contributed by atoms with Crippen molar-refractivity contribution in [3.05, 3.63) is 54.5 Å². The first-order valence-electron chi connectivity index (χ1n) is 5.15. The molecule has 0 atom stereocenters. The Hall–Kier alpha value is -0.810. The van der Waals surface area contributed by atoms with E-state index < -0.39 is 0 Å². The standard InChI is InChI=1S/C13H11ClINO/c1-7-11(9-3-5-10(14)6-4-9)13(17)12(15)8(2)16-7/h3-6H,1-2H3,(H,16,17). The smallest absolute Gasteiger partial charge is 0.203 e. The summed E-state index contributed by atoms with van der Waals surface area (Å²) >= 11 is 7.92. The molecular weight excluding hydrogens is 349 g/mol. The second-order valence-electron chi connectivity index (χ2n) is 3.90. The molecule has 4 heteroatoms. The molecule has 1 aromatic heterocycles. The fourth-order valence-corrected chi connectivity index (χ4v) is 2.34. The SMILES string of the molecule is Cc1[nH]c(C)c(-c2ccc(Cl)cc2)c(=O)c1I. The van der Waals surface area contributed by atoms with Gasteiger partial charge in [0.15, 0.2) is 0 Å². The number of H-pyrrole nitrogens is 1. The number of aromatic amines is 1. The Morgan fingerprint density at radius 2 is 1.71 bits per heavy atom. The summed E-state index contributed by atoms with van der Waals surface area (Å²) in [6.07, 6.45) is 0. The topological polar surface area (TPSA) is 32.9 Å². The molecule has 0 spiro atoms. The molecule has 17 heavy (non-hydrogen) atoms. The van der Waals surface area contributed by atoms with Gasteiger partial charge in [0.1, 0.15) is 0 Å². The molecule has 0 unspecified atom stereocenters. The normalized spacial score (nSPS) is 10.6. The van der Waals surface area contributed by atoms with Gasteiger partial charge in [-0.25, -0.2) is 0 Å². The van der Waals surface area contributed by atoms with Gasteiger partial charge in [0.05, 0.1) is 3.57 Å². The lowest BCUT2D eigenvalue weighted by Crippen LogP contribution is -2.14. The van der Waals surface area contributed by atoms with Crippen LogP contribution in [0.5, 0.6) is 0 Å². The summed E-state index contributed by atoms with van der Waals surface area (Å²) in [6, 6.07) is 7.32. The molecule has 2 aromatic rings. The van der Waals surface area contributed by atoms with Crippen LogP contribution in [0, 0.1) is 17.4 Å². The zero-order chi connectivity index (χ0) is 12.6. The van der Waals surface area contributed by atoms with Gasteiger partial charge in [-0.2, -0.15) is 0 Å². The Kier molecular flexibility index (Phi) is 3.58. The van der Waals surface area contributed by atoms with E-state index in [1.54, 1.807) is 12.1 Å². The van der Waals surface area contributed by atoms with Crippen molar-refractivity contribution in [2.24, 2.45) is 0 Å². The molecule has 0 bridgehead atoms. The monoisotopic (exact) mass is 359 g/mol. The minimum absolute atomic E-state index is 0.0710. The van der Waals surface area contributed by atoms with E-state index in [-0.39, 0.29) is 5.43 Å². The number of benzene rings is 1. The molecule has 0 saturated carbocycles. The minimum Gasteiger partial charge on any atom is -0.361 e. The van der Waals surface area contributed by atoms with Crippen LogP contribution in [0.1, 0.15) is 11.4 Å². The van der Waals surface area contributed by atoms with Crippen LogP contribution >= 0.6 is 34.2 Å². The van der Waals surface area contributed by atoms with Gasteiger partial charge < -0.3 is 4.98 Å². The molecule has 88 valence electrons. The second kappa shape index (κ2) is 4.82. The molecule has 1 aromatic carbocycles. The highest BCUT2D eigenvalue weighted by atomic mass is 127. The van der Waals surface area contributed by atoms with Crippen LogP contribution in [0.3, 0.4) is 0 Å². The summed E-state index contributed by atoms with van der Waals surface area (Å²) in [6.45, 7) is 3.82. The Labute approximate surface area is 118 Å². The van der Waals surface area contributed by atoms with Crippen LogP contribution < -0.4 is 5.43 Å². The van der Waals surface area contributed by atoms with E-state index in [1.807, 2.05) is 26.0 Å². The van der Waals surface area contributed by atoms with Crippen LogP contribution in [0.2, 0.25) is 5.02 Å². The first-order valence-corrected chi connectivity index (χ1v) is 6.61. The van der Waals surface area contributed by atoms with E-state index in [0.29, 0.717) is 5.02 Å². The molecule has 0 aliphatic rings. The highest BCUT2D eigenvalue weighted by Gasteiger charge is 2.12. The minimum atomic E-state index is 0.0710. The van der Waals surface area contributed by atoms with Crippen LogP contribution in [-0.2, 0) is 0 Å². The fourth-order valence-electron chi connectivity index (χ4n) is 1.81. The van der Waals surface area contributed by atoms with Crippen molar-refractivity contribution in [1.82, 2.24) is 4.98 Å². The molecule has 1 heterocycles. The average Bonchev–Trinajstić information content (AvgIpc) is 2.29. The lowest BCUT2D eigenvalue weighted by atomic mass is 10.0. The van der Waals surface area contributed by atoms with Gasteiger partial charge >= 0.3 is 0 Å². The van der Waals surface area contributed by atoms with Gasteiger partial charge in [0.2, 0.25) is 5.43 Å². The number of aromatic nitrogens is 1. The van der Waals surface area contributed by atoms with Crippen molar-refractivity contribution in [3.63, 3.8) is 0 Å². The highest BCUT2D eigenvalue weighted by molar-refractivity contribution is 14.1. The maximum Gasteiger partial charge on any atom is 0.203 e. The number of hydrogen-bond donors (Lipinski definition) is 1. The number of nitrogens with one attached hydrogen (secondary N) is 1. The molecule has 1 N–H and O–H groups in total. The van der Waals surface area contributed by atoms with Gasteiger partial charge in [-0.1, -0.05) is 23.7 Å². The van der Waals surface area contributed by atoms with Crippen molar-refractivity contribution in [2.75, 3.05) is 0 Å². The van der Waals surface area contributed by atoms with E-state index in [9.17, 15) is 4.79 Å². The van der Waals surface area contributed by atoms with Crippen molar-refractivity contribution >= 4 is 34.2 Å². The molecule has 0 saturated heterocycles. The van der Waals surface area contributed by atoms with E-state index in [1.165, 1.54) is 0 Å². The Balaban J connectivity index is 2.72. The first-order chi connectivity index (χ1) is 8.00. The summed E-state index contributed by atoms with van der Waals surface area (Å²) in [5, 5.41) is 0.671. The largest absolute Gasteiger partial charge is 0.361 e. The number of aryl methyl sites for hydroxylation is 2. The quantitative estimate of drug-likeness (QED) is 0.769. The van der Waals surface area contributed by atoms with Crippen LogP contribution in [0.25, 0.3) is 11.1 Å². The zero-order valence-electron chi connectivity index (χ0n) is 9.47. The molecule has 2 rings (SSSR count). The lowest BCUT2D eigenvalue weighted by Gasteiger charge is -2.08. The van der Waals surface area contributed by atoms with E-state index in [0.717, 1.165) is 26.1 Å². The summed E-state index contributed by atoms with van der Waals surface area (Å²) < 4.78 is 0.734. The highest BCUT2D eigenvalue weighted by Crippen LogP contribution is 2.22. The van der Waals surface area contributed by atoms with Gasteiger partial charge in [-0.3, -0.25) is 4.79 Å². The average molecular weight is 360 g/mol. The summed E-state index contributed by atoms with van der Waals surface area (Å²) in [5.41, 5.74) is 3.48. The zero-order valence-corrected chi connectivity index (χ0v) is 12.4. The lowest BCUT2D eigenvalue weighted by molar-refractivity contribution is 1.09. The van der Waals surface area contributed by atoms with Crippen LogP contribution in [0.15, 0.2) is 29.1 Å². The van der Waals surface area contributed by atoms with Crippen molar-refractivity contribution < 1.29 is 0 Å². The Morgan fingerprint density at radius 3 is 2.29 bits per heavy atom. The predicted octanol–water partition coefficient (Wildman–Crippen LogP) is 3.92. The summed E-state index contributed by atoms with van der Waals surface area (Å²) in [7, 11) is 0. The van der Waals surface area contributed by atoms with Crippen molar-refractivity contribution in [3.8, 4) is 11.1 Å².